The predicted octanol–water partition coefficient (Wildman–Crippen LogP) is 2.96. The number of aryl methyl sites for hydroxylation is 2. The third-order valence-corrected chi connectivity index (χ3v) is 4.02. The van der Waals surface area contributed by atoms with Gasteiger partial charge in [0.25, 0.3) is 5.91 Å². The second-order valence-electron chi connectivity index (χ2n) is 6.22. The fourth-order valence-electron chi connectivity index (χ4n) is 2.69. The summed E-state index contributed by atoms with van der Waals surface area (Å²) in [6, 6.07) is 18.4. The highest BCUT2D eigenvalue weighted by Gasteiger charge is 2.11. The molecule has 6 nitrogen and oxygen atoms in total. The molecule has 0 unspecified atom stereocenters. The summed E-state index contributed by atoms with van der Waals surface area (Å²) < 4.78 is 6.89. The van der Waals surface area contributed by atoms with Crippen molar-refractivity contribution in [3.8, 4) is 5.69 Å². The number of amides is 1. The summed E-state index contributed by atoms with van der Waals surface area (Å²) in [4.78, 5) is 23.9. The Labute approximate surface area is 157 Å². The van der Waals surface area contributed by atoms with Gasteiger partial charge in [0.1, 0.15) is 0 Å². The number of aromatic nitrogens is 2. The highest BCUT2D eigenvalue weighted by atomic mass is 16.5. The first-order chi connectivity index (χ1) is 13.0. The van der Waals surface area contributed by atoms with Crippen LogP contribution in [0.25, 0.3) is 5.69 Å². The minimum absolute atomic E-state index is 0.315. The molecule has 27 heavy (non-hydrogen) atoms. The predicted molar refractivity (Wildman–Crippen MR) is 102 cm³/mol. The summed E-state index contributed by atoms with van der Waals surface area (Å²) in [5.41, 5.74) is 4.17. The van der Waals surface area contributed by atoms with Gasteiger partial charge in [0.05, 0.1) is 16.9 Å². The largest absolute Gasteiger partial charge is 0.452 e. The minimum atomic E-state index is -0.537. The summed E-state index contributed by atoms with van der Waals surface area (Å²) in [5, 5.41) is 7.12. The maximum Gasteiger partial charge on any atom is 0.338 e. The standard InChI is InChI=1S/C21H21N3O3/c1-15-12-16(2)24(23-15)19-10-8-18(9-11-19)21(26)27-14-20(25)22-13-17-6-4-3-5-7-17/h3-12H,13-14H2,1-2H3,(H,22,25). The van der Waals surface area contributed by atoms with Gasteiger partial charge in [0.15, 0.2) is 6.61 Å². The van der Waals surface area contributed by atoms with Gasteiger partial charge in [-0.15, -0.1) is 0 Å². The molecule has 1 amide bonds. The lowest BCUT2D eigenvalue weighted by atomic mass is 10.2. The highest BCUT2D eigenvalue weighted by molar-refractivity contribution is 5.91. The van der Waals surface area contributed by atoms with Crippen LogP contribution < -0.4 is 5.32 Å². The Balaban J connectivity index is 1.52. The van der Waals surface area contributed by atoms with Gasteiger partial charge in [-0.25, -0.2) is 9.48 Å². The van der Waals surface area contributed by atoms with Crippen LogP contribution in [0, 0.1) is 13.8 Å². The summed E-state index contributed by atoms with van der Waals surface area (Å²) >= 11 is 0. The van der Waals surface area contributed by atoms with E-state index in [4.69, 9.17) is 4.74 Å². The zero-order valence-electron chi connectivity index (χ0n) is 15.3. The third-order valence-electron chi connectivity index (χ3n) is 4.02. The van der Waals surface area contributed by atoms with Crippen molar-refractivity contribution in [2.45, 2.75) is 20.4 Å². The molecule has 2 aromatic carbocycles. The molecule has 0 spiro atoms. The first kappa shape index (κ1) is 18.4. The van der Waals surface area contributed by atoms with Gasteiger partial charge in [0, 0.05) is 12.2 Å². The van der Waals surface area contributed by atoms with Crippen molar-refractivity contribution >= 4 is 11.9 Å². The second-order valence-corrected chi connectivity index (χ2v) is 6.22. The Morgan fingerprint density at radius 2 is 1.74 bits per heavy atom. The van der Waals surface area contributed by atoms with E-state index in [-0.39, 0.29) is 12.5 Å². The molecule has 1 heterocycles. The Hall–Kier alpha value is -3.41. The number of esters is 1. The Kier molecular flexibility index (Phi) is 5.66. The molecule has 0 fully saturated rings. The summed E-state index contributed by atoms with van der Waals surface area (Å²) in [7, 11) is 0. The zero-order valence-corrected chi connectivity index (χ0v) is 15.3. The summed E-state index contributed by atoms with van der Waals surface area (Å²) in [6.45, 7) is 3.98. The van der Waals surface area contributed by atoms with Gasteiger partial charge in [0.2, 0.25) is 0 Å². The molecule has 3 rings (SSSR count). The quantitative estimate of drug-likeness (QED) is 0.684. The van der Waals surface area contributed by atoms with E-state index in [9.17, 15) is 9.59 Å². The molecule has 0 atom stereocenters. The van der Waals surface area contributed by atoms with Gasteiger partial charge >= 0.3 is 5.97 Å². The molecule has 3 aromatic rings. The van der Waals surface area contributed by atoms with Crippen LogP contribution in [0.5, 0.6) is 0 Å². The molecule has 6 heteroatoms. The first-order valence-electron chi connectivity index (χ1n) is 8.64. The number of carbonyl (C=O) groups excluding carboxylic acids is 2. The molecule has 0 saturated heterocycles. The number of nitrogens with one attached hydrogen (secondary N) is 1. The fourth-order valence-corrected chi connectivity index (χ4v) is 2.69. The van der Waals surface area contributed by atoms with Crippen molar-refractivity contribution in [3.63, 3.8) is 0 Å². The molecule has 0 bridgehead atoms. The van der Waals surface area contributed by atoms with E-state index < -0.39 is 5.97 Å². The van der Waals surface area contributed by atoms with E-state index in [1.54, 1.807) is 24.3 Å². The number of hydrogen-bond acceptors (Lipinski definition) is 4. The molecule has 0 aliphatic heterocycles. The van der Waals surface area contributed by atoms with Gasteiger partial charge < -0.3 is 10.1 Å². The Morgan fingerprint density at radius 3 is 2.37 bits per heavy atom. The maximum absolute atomic E-state index is 12.1. The summed E-state index contributed by atoms with van der Waals surface area (Å²) in [6.07, 6.45) is 0. The van der Waals surface area contributed by atoms with Crippen LogP contribution in [0.4, 0.5) is 0 Å². The van der Waals surface area contributed by atoms with Gasteiger partial charge in [-0.05, 0) is 49.7 Å². The van der Waals surface area contributed by atoms with E-state index in [0.29, 0.717) is 12.1 Å². The Morgan fingerprint density at radius 1 is 1.04 bits per heavy atom. The van der Waals surface area contributed by atoms with Crippen LogP contribution in [0.1, 0.15) is 27.3 Å². The molecule has 0 saturated carbocycles. The molecule has 1 N–H and O–H groups in total. The molecular formula is C21H21N3O3. The number of ether oxygens (including phenoxy) is 1. The van der Waals surface area contributed by atoms with Crippen molar-refractivity contribution in [1.82, 2.24) is 15.1 Å². The van der Waals surface area contributed by atoms with Crippen LogP contribution in [-0.2, 0) is 16.1 Å². The van der Waals surface area contributed by atoms with Gasteiger partial charge in [-0.1, -0.05) is 30.3 Å². The zero-order chi connectivity index (χ0) is 19.2. The molecule has 0 radical (unpaired) electrons. The third kappa shape index (κ3) is 4.82. The summed E-state index contributed by atoms with van der Waals surface area (Å²) in [5.74, 6) is -0.878. The van der Waals surface area contributed by atoms with E-state index >= 15 is 0 Å². The van der Waals surface area contributed by atoms with E-state index in [1.165, 1.54) is 0 Å². The van der Waals surface area contributed by atoms with Crippen molar-refractivity contribution in [2.24, 2.45) is 0 Å². The lowest BCUT2D eigenvalue weighted by Crippen LogP contribution is -2.28. The first-order valence-corrected chi connectivity index (χ1v) is 8.64. The molecule has 0 aliphatic carbocycles. The van der Waals surface area contributed by atoms with E-state index in [1.807, 2.05) is 54.9 Å². The molecule has 0 aliphatic rings. The van der Waals surface area contributed by atoms with Crippen molar-refractivity contribution in [2.75, 3.05) is 6.61 Å². The Bertz CT molecular complexity index is 931. The number of nitrogens with zero attached hydrogens (tertiary/aromatic N) is 2. The van der Waals surface area contributed by atoms with Crippen LogP contribution >= 0.6 is 0 Å². The fraction of sp³-hybridized carbons (Fsp3) is 0.190. The molecular weight excluding hydrogens is 342 g/mol. The normalized spacial score (nSPS) is 10.4. The smallest absolute Gasteiger partial charge is 0.338 e. The number of hydrogen-bond donors (Lipinski definition) is 1. The number of rotatable bonds is 6. The highest BCUT2D eigenvalue weighted by Crippen LogP contribution is 2.13. The lowest BCUT2D eigenvalue weighted by molar-refractivity contribution is -0.124. The minimum Gasteiger partial charge on any atom is -0.452 e. The van der Waals surface area contributed by atoms with E-state index in [0.717, 1.165) is 22.6 Å². The van der Waals surface area contributed by atoms with Crippen LogP contribution in [0.3, 0.4) is 0 Å². The van der Waals surface area contributed by atoms with Crippen LogP contribution in [0.2, 0.25) is 0 Å². The topological polar surface area (TPSA) is 73.2 Å². The van der Waals surface area contributed by atoms with Gasteiger partial charge in [-0.3, -0.25) is 4.79 Å². The molecule has 138 valence electrons. The van der Waals surface area contributed by atoms with Crippen LogP contribution in [-0.4, -0.2) is 28.3 Å². The van der Waals surface area contributed by atoms with Crippen molar-refractivity contribution in [1.29, 1.82) is 0 Å². The maximum atomic E-state index is 12.1. The monoisotopic (exact) mass is 363 g/mol. The average molecular weight is 363 g/mol. The lowest BCUT2D eigenvalue weighted by Gasteiger charge is -2.08. The van der Waals surface area contributed by atoms with E-state index in [2.05, 4.69) is 10.4 Å². The second kappa shape index (κ2) is 8.31. The average Bonchev–Trinajstić information content (AvgIpc) is 3.03. The van der Waals surface area contributed by atoms with Crippen molar-refractivity contribution in [3.05, 3.63) is 83.2 Å². The number of carbonyl (C=O) groups is 2. The molecule has 1 aromatic heterocycles. The van der Waals surface area contributed by atoms with Crippen LogP contribution in [0.15, 0.2) is 60.7 Å². The van der Waals surface area contributed by atoms with Gasteiger partial charge in [-0.2, -0.15) is 5.10 Å². The van der Waals surface area contributed by atoms with Crippen molar-refractivity contribution < 1.29 is 14.3 Å². The SMILES string of the molecule is Cc1cc(C)n(-c2ccc(C(=O)OCC(=O)NCc3ccccc3)cc2)n1. The number of benzene rings is 2.